The Morgan fingerprint density at radius 3 is 2.73 bits per heavy atom. The highest BCUT2D eigenvalue weighted by atomic mass is 16.5. The van der Waals surface area contributed by atoms with Gasteiger partial charge in [0.1, 0.15) is 0 Å². The van der Waals surface area contributed by atoms with E-state index in [-0.39, 0.29) is 5.84 Å². The molecule has 1 rings (SSSR count). The number of nitrogens with one attached hydrogen (secondary N) is 1. The van der Waals surface area contributed by atoms with Crippen molar-refractivity contribution in [1.29, 1.82) is 5.41 Å². The van der Waals surface area contributed by atoms with Crippen molar-refractivity contribution in [2.45, 2.75) is 38.2 Å². The standard InChI is InChI=1S/C8H16N2O/c9-8(10)5-2-6-11-7-3-1-4-7/h7H,1-6H2,(H3,9,10). The molecule has 1 aliphatic carbocycles. The minimum absolute atomic E-state index is 0.266. The summed E-state index contributed by atoms with van der Waals surface area (Å²) in [5.74, 6) is 0.266. The number of amidine groups is 1. The van der Waals surface area contributed by atoms with Crippen LogP contribution >= 0.6 is 0 Å². The Balaban J connectivity index is 1.83. The van der Waals surface area contributed by atoms with E-state index in [4.69, 9.17) is 15.9 Å². The van der Waals surface area contributed by atoms with Crippen LogP contribution in [-0.4, -0.2) is 18.5 Å². The quantitative estimate of drug-likeness (QED) is 0.358. The summed E-state index contributed by atoms with van der Waals surface area (Å²) in [7, 11) is 0. The van der Waals surface area contributed by atoms with Crippen LogP contribution in [0.5, 0.6) is 0 Å². The second kappa shape index (κ2) is 4.34. The molecule has 11 heavy (non-hydrogen) atoms. The van der Waals surface area contributed by atoms with E-state index in [1.165, 1.54) is 19.3 Å². The SMILES string of the molecule is N=C(N)CCCOC1CCC1. The van der Waals surface area contributed by atoms with E-state index >= 15 is 0 Å². The molecule has 3 N–H and O–H groups in total. The Bertz CT molecular complexity index is 132. The van der Waals surface area contributed by atoms with E-state index in [9.17, 15) is 0 Å². The van der Waals surface area contributed by atoms with Crippen LogP contribution in [0.25, 0.3) is 0 Å². The molecular weight excluding hydrogens is 140 g/mol. The summed E-state index contributed by atoms with van der Waals surface area (Å²) in [4.78, 5) is 0. The molecule has 0 bridgehead atoms. The number of ether oxygens (including phenoxy) is 1. The van der Waals surface area contributed by atoms with Crippen molar-refractivity contribution < 1.29 is 4.74 Å². The molecule has 1 fully saturated rings. The lowest BCUT2D eigenvalue weighted by molar-refractivity contribution is 0.00195. The van der Waals surface area contributed by atoms with E-state index in [1.807, 2.05) is 0 Å². The van der Waals surface area contributed by atoms with Gasteiger partial charge in [-0.1, -0.05) is 0 Å². The van der Waals surface area contributed by atoms with Crippen molar-refractivity contribution in [3.63, 3.8) is 0 Å². The lowest BCUT2D eigenvalue weighted by Gasteiger charge is -2.25. The zero-order valence-corrected chi connectivity index (χ0v) is 6.81. The predicted molar refractivity (Wildman–Crippen MR) is 44.7 cm³/mol. The largest absolute Gasteiger partial charge is 0.388 e. The topological polar surface area (TPSA) is 59.1 Å². The van der Waals surface area contributed by atoms with Crippen LogP contribution in [0, 0.1) is 5.41 Å². The molecule has 0 aromatic rings. The second-order valence-electron chi connectivity index (χ2n) is 3.05. The molecular formula is C8H16N2O. The highest BCUT2D eigenvalue weighted by Crippen LogP contribution is 2.21. The van der Waals surface area contributed by atoms with Gasteiger partial charge >= 0.3 is 0 Å². The molecule has 0 aromatic carbocycles. The number of hydrogen-bond donors (Lipinski definition) is 2. The van der Waals surface area contributed by atoms with Crippen molar-refractivity contribution in [1.82, 2.24) is 0 Å². The maximum absolute atomic E-state index is 6.96. The maximum atomic E-state index is 6.96. The summed E-state index contributed by atoms with van der Waals surface area (Å²) in [6.07, 6.45) is 5.85. The Morgan fingerprint density at radius 2 is 2.27 bits per heavy atom. The van der Waals surface area contributed by atoms with Crippen LogP contribution in [0.15, 0.2) is 0 Å². The lowest BCUT2D eigenvalue weighted by atomic mass is 9.96. The Hall–Kier alpha value is -0.570. The van der Waals surface area contributed by atoms with E-state index in [1.54, 1.807) is 0 Å². The molecule has 0 atom stereocenters. The van der Waals surface area contributed by atoms with Gasteiger partial charge in [0, 0.05) is 13.0 Å². The lowest BCUT2D eigenvalue weighted by Crippen LogP contribution is -2.22. The van der Waals surface area contributed by atoms with Gasteiger partial charge in [-0.15, -0.1) is 0 Å². The first-order chi connectivity index (χ1) is 5.29. The highest BCUT2D eigenvalue weighted by molar-refractivity contribution is 5.76. The normalized spacial score (nSPS) is 17.8. The molecule has 0 heterocycles. The molecule has 3 heteroatoms. The second-order valence-corrected chi connectivity index (χ2v) is 3.05. The van der Waals surface area contributed by atoms with Crippen molar-refractivity contribution in [2.75, 3.05) is 6.61 Å². The molecule has 0 amide bonds. The average Bonchev–Trinajstić information content (AvgIpc) is 1.82. The average molecular weight is 156 g/mol. The maximum Gasteiger partial charge on any atom is 0.0906 e. The molecule has 3 nitrogen and oxygen atoms in total. The monoisotopic (exact) mass is 156 g/mol. The minimum Gasteiger partial charge on any atom is -0.388 e. The van der Waals surface area contributed by atoms with Gasteiger partial charge in [0.05, 0.1) is 11.9 Å². The zero-order chi connectivity index (χ0) is 8.10. The van der Waals surface area contributed by atoms with Crippen LogP contribution in [0.3, 0.4) is 0 Å². The molecule has 0 unspecified atom stereocenters. The van der Waals surface area contributed by atoms with E-state index < -0.39 is 0 Å². The van der Waals surface area contributed by atoms with Gasteiger partial charge < -0.3 is 10.5 Å². The summed E-state index contributed by atoms with van der Waals surface area (Å²) in [6, 6.07) is 0. The van der Waals surface area contributed by atoms with Crippen LogP contribution in [-0.2, 0) is 4.74 Å². The number of hydrogen-bond acceptors (Lipinski definition) is 2. The van der Waals surface area contributed by atoms with Crippen LogP contribution in [0.2, 0.25) is 0 Å². The van der Waals surface area contributed by atoms with Crippen molar-refractivity contribution >= 4 is 5.84 Å². The minimum atomic E-state index is 0.266. The van der Waals surface area contributed by atoms with E-state index in [2.05, 4.69) is 0 Å². The van der Waals surface area contributed by atoms with Gasteiger partial charge in [0.25, 0.3) is 0 Å². The van der Waals surface area contributed by atoms with Crippen molar-refractivity contribution in [2.24, 2.45) is 5.73 Å². The predicted octanol–water partition coefficient (Wildman–Crippen LogP) is 1.27. The van der Waals surface area contributed by atoms with Crippen LogP contribution < -0.4 is 5.73 Å². The first kappa shape index (κ1) is 8.53. The van der Waals surface area contributed by atoms with Gasteiger partial charge in [-0.3, -0.25) is 5.41 Å². The van der Waals surface area contributed by atoms with Gasteiger partial charge in [-0.05, 0) is 25.7 Å². The first-order valence-electron chi connectivity index (χ1n) is 4.23. The fourth-order valence-electron chi connectivity index (χ4n) is 1.05. The third-order valence-corrected chi connectivity index (χ3v) is 2.00. The van der Waals surface area contributed by atoms with Crippen LogP contribution in [0.4, 0.5) is 0 Å². The van der Waals surface area contributed by atoms with Crippen molar-refractivity contribution in [3.8, 4) is 0 Å². The van der Waals surface area contributed by atoms with Gasteiger partial charge in [0.15, 0.2) is 0 Å². The van der Waals surface area contributed by atoms with Crippen molar-refractivity contribution in [3.05, 3.63) is 0 Å². The fraction of sp³-hybridized carbons (Fsp3) is 0.875. The number of rotatable bonds is 5. The summed E-state index contributed by atoms with van der Waals surface area (Å²) in [6.45, 7) is 0.768. The molecule has 1 aliphatic rings. The molecule has 0 saturated heterocycles. The summed E-state index contributed by atoms with van der Waals surface area (Å²) < 4.78 is 5.48. The third-order valence-electron chi connectivity index (χ3n) is 2.00. The fourth-order valence-corrected chi connectivity index (χ4v) is 1.05. The van der Waals surface area contributed by atoms with Gasteiger partial charge in [-0.25, -0.2) is 0 Å². The van der Waals surface area contributed by atoms with E-state index in [0.717, 1.165) is 13.0 Å². The first-order valence-corrected chi connectivity index (χ1v) is 4.23. The third kappa shape index (κ3) is 3.37. The summed E-state index contributed by atoms with van der Waals surface area (Å²) in [5.41, 5.74) is 5.18. The molecule has 64 valence electrons. The molecule has 0 radical (unpaired) electrons. The van der Waals surface area contributed by atoms with Crippen LogP contribution in [0.1, 0.15) is 32.1 Å². The molecule has 0 aliphatic heterocycles. The Labute approximate surface area is 67.4 Å². The zero-order valence-electron chi connectivity index (χ0n) is 6.81. The smallest absolute Gasteiger partial charge is 0.0906 e. The van der Waals surface area contributed by atoms with Gasteiger partial charge in [0.2, 0.25) is 0 Å². The molecule has 1 saturated carbocycles. The summed E-state index contributed by atoms with van der Waals surface area (Å²) >= 11 is 0. The Morgan fingerprint density at radius 1 is 1.55 bits per heavy atom. The van der Waals surface area contributed by atoms with Gasteiger partial charge in [-0.2, -0.15) is 0 Å². The molecule has 0 spiro atoms. The molecule has 0 aromatic heterocycles. The van der Waals surface area contributed by atoms with E-state index in [0.29, 0.717) is 12.5 Å². The number of nitrogens with two attached hydrogens (primary N) is 1. The Kier molecular flexibility index (Phi) is 3.36. The highest BCUT2D eigenvalue weighted by Gasteiger charge is 2.16. The summed E-state index contributed by atoms with van der Waals surface area (Å²) in [5, 5.41) is 6.96.